The van der Waals surface area contributed by atoms with Gasteiger partial charge in [0.15, 0.2) is 5.96 Å². The zero-order valence-electron chi connectivity index (χ0n) is 15.9. The molecule has 2 aromatic rings. The third-order valence-corrected chi connectivity index (χ3v) is 3.48. The highest BCUT2D eigenvalue weighted by atomic mass is 127. The Morgan fingerprint density at radius 3 is 2.71 bits per heavy atom. The lowest BCUT2D eigenvalue weighted by atomic mass is 10.3. The second-order valence-corrected chi connectivity index (χ2v) is 5.80. The van der Waals surface area contributed by atoms with Gasteiger partial charge in [0, 0.05) is 51.7 Å². The molecule has 0 atom stereocenters. The average Bonchev–Trinajstić information content (AvgIpc) is 3.02. The van der Waals surface area contributed by atoms with E-state index in [0.717, 1.165) is 17.8 Å². The number of aromatic nitrogens is 4. The van der Waals surface area contributed by atoms with Crippen LogP contribution in [0.4, 0.5) is 19.1 Å². The van der Waals surface area contributed by atoms with Gasteiger partial charge in [-0.1, -0.05) is 0 Å². The summed E-state index contributed by atoms with van der Waals surface area (Å²) in [6.07, 6.45) is 0.289. The van der Waals surface area contributed by atoms with Crippen LogP contribution in [0.1, 0.15) is 18.2 Å². The van der Waals surface area contributed by atoms with Gasteiger partial charge in [-0.2, -0.15) is 18.3 Å². The first-order chi connectivity index (χ1) is 12.8. The number of hydrogen-bond acceptors (Lipinski definition) is 5. The van der Waals surface area contributed by atoms with Crippen LogP contribution in [0, 0.1) is 0 Å². The fourth-order valence-corrected chi connectivity index (χ4v) is 2.30. The second-order valence-electron chi connectivity index (χ2n) is 5.80. The summed E-state index contributed by atoms with van der Waals surface area (Å²) in [4.78, 5) is 13.7. The lowest BCUT2D eigenvalue weighted by Gasteiger charge is -2.21. The average molecular weight is 512 g/mol. The molecule has 0 aliphatic heterocycles. The van der Waals surface area contributed by atoms with Gasteiger partial charge in [-0.15, -0.1) is 24.0 Å². The monoisotopic (exact) mass is 512 g/mol. The Hall–Kier alpha value is -2.12. The van der Waals surface area contributed by atoms with Gasteiger partial charge in [-0.05, 0) is 13.0 Å². The van der Waals surface area contributed by atoms with Gasteiger partial charge in [0.25, 0.3) is 0 Å². The highest BCUT2D eigenvalue weighted by molar-refractivity contribution is 14.0. The van der Waals surface area contributed by atoms with Crippen molar-refractivity contribution >= 4 is 35.9 Å². The molecule has 2 aromatic heterocycles. The quantitative estimate of drug-likeness (QED) is 0.257. The normalized spacial score (nSPS) is 11.7. The predicted octanol–water partition coefficient (Wildman–Crippen LogP) is 2.36. The highest BCUT2D eigenvalue weighted by Gasteiger charge is 2.32. The van der Waals surface area contributed by atoms with Crippen LogP contribution < -0.4 is 10.6 Å². The van der Waals surface area contributed by atoms with E-state index >= 15 is 0 Å². The molecule has 0 aliphatic rings. The molecule has 0 aliphatic carbocycles. The van der Waals surface area contributed by atoms with Gasteiger partial charge in [0.1, 0.15) is 5.69 Å². The lowest BCUT2D eigenvalue weighted by molar-refractivity contribution is -0.141. The molecule has 0 saturated carbocycles. The topological polar surface area (TPSA) is 83.3 Å². The maximum absolute atomic E-state index is 12.7. The molecule has 0 fully saturated rings. The van der Waals surface area contributed by atoms with Gasteiger partial charge < -0.3 is 15.5 Å². The summed E-state index contributed by atoms with van der Waals surface area (Å²) in [5.41, 5.74) is 0.0640. The Bertz CT molecular complexity index is 762. The Labute approximate surface area is 178 Å². The van der Waals surface area contributed by atoms with E-state index in [1.54, 1.807) is 10.9 Å². The number of aryl methyl sites for hydroxylation is 1. The van der Waals surface area contributed by atoms with Crippen LogP contribution in [0.2, 0.25) is 0 Å². The van der Waals surface area contributed by atoms with Crippen LogP contribution in [0.25, 0.3) is 0 Å². The van der Waals surface area contributed by atoms with E-state index in [4.69, 9.17) is 0 Å². The number of halogens is 4. The standard InChI is InChI=1S/C16H23F3N8.HI/c1-4-20-15(26(2)10-12-9-24-27(3)11-12)23-8-7-22-14-21-6-5-13(25-14)16(17,18)19;/h5-6,9,11H,4,7-8,10H2,1-3H3,(H,20,23)(H,21,22,25);1H. The number of alkyl halides is 3. The molecular formula is C16H24F3IN8. The van der Waals surface area contributed by atoms with Gasteiger partial charge >= 0.3 is 6.18 Å². The molecule has 0 bridgehead atoms. The summed E-state index contributed by atoms with van der Waals surface area (Å²) in [6.45, 7) is 3.93. The number of guanidine groups is 1. The third-order valence-electron chi connectivity index (χ3n) is 3.48. The fraction of sp³-hybridized carbons (Fsp3) is 0.500. The number of rotatable bonds is 7. The van der Waals surface area contributed by atoms with E-state index in [1.807, 2.05) is 32.1 Å². The van der Waals surface area contributed by atoms with Gasteiger partial charge in [-0.25, -0.2) is 9.97 Å². The zero-order chi connectivity index (χ0) is 19.9. The first-order valence-corrected chi connectivity index (χ1v) is 8.40. The molecule has 28 heavy (non-hydrogen) atoms. The summed E-state index contributed by atoms with van der Waals surface area (Å²) in [5, 5.41) is 10.1. The molecule has 12 heteroatoms. The van der Waals surface area contributed by atoms with Crippen LogP contribution in [-0.2, 0) is 19.8 Å². The van der Waals surface area contributed by atoms with Crippen molar-refractivity contribution in [1.82, 2.24) is 30.0 Å². The molecule has 0 spiro atoms. The third kappa shape index (κ3) is 7.48. The van der Waals surface area contributed by atoms with Crippen molar-refractivity contribution in [2.45, 2.75) is 19.6 Å². The molecular weight excluding hydrogens is 488 g/mol. The number of anilines is 1. The van der Waals surface area contributed by atoms with Gasteiger partial charge in [-0.3, -0.25) is 9.67 Å². The van der Waals surface area contributed by atoms with Crippen molar-refractivity contribution < 1.29 is 13.2 Å². The maximum Gasteiger partial charge on any atom is 0.433 e. The van der Waals surface area contributed by atoms with E-state index < -0.39 is 11.9 Å². The number of hydrogen-bond donors (Lipinski definition) is 2. The highest BCUT2D eigenvalue weighted by Crippen LogP contribution is 2.27. The van der Waals surface area contributed by atoms with E-state index in [9.17, 15) is 13.2 Å². The Kier molecular flexibility index (Phi) is 9.41. The number of aliphatic imine (C=N–C) groups is 1. The summed E-state index contributed by atoms with van der Waals surface area (Å²) in [6, 6.07) is 0.833. The second kappa shape index (κ2) is 11.0. The number of nitrogens with one attached hydrogen (secondary N) is 2. The lowest BCUT2D eigenvalue weighted by Crippen LogP contribution is -2.38. The Balaban J connectivity index is 0.00000392. The maximum atomic E-state index is 12.7. The van der Waals surface area contributed by atoms with E-state index in [1.165, 1.54) is 0 Å². The van der Waals surface area contributed by atoms with E-state index in [-0.39, 0.29) is 29.9 Å². The SMILES string of the molecule is CCNC(=NCCNc1nccc(C(F)(F)F)n1)N(C)Cc1cnn(C)c1.I. The molecule has 0 amide bonds. The van der Waals surface area contributed by atoms with Crippen molar-refractivity contribution in [2.24, 2.45) is 12.0 Å². The first kappa shape index (κ1) is 23.9. The molecule has 2 rings (SSSR count). The van der Waals surface area contributed by atoms with Crippen molar-refractivity contribution in [3.63, 3.8) is 0 Å². The van der Waals surface area contributed by atoms with Gasteiger partial charge in [0.2, 0.25) is 5.95 Å². The molecule has 0 unspecified atom stereocenters. The van der Waals surface area contributed by atoms with Crippen molar-refractivity contribution in [2.75, 3.05) is 32.0 Å². The minimum atomic E-state index is -4.50. The molecule has 0 aromatic carbocycles. The minimum absolute atomic E-state index is 0. The van der Waals surface area contributed by atoms with Crippen molar-refractivity contribution in [3.05, 3.63) is 35.9 Å². The Morgan fingerprint density at radius 2 is 2.11 bits per heavy atom. The Morgan fingerprint density at radius 1 is 1.36 bits per heavy atom. The van der Waals surface area contributed by atoms with Gasteiger partial charge in [0.05, 0.1) is 12.7 Å². The van der Waals surface area contributed by atoms with Crippen molar-refractivity contribution in [1.29, 1.82) is 0 Å². The molecule has 2 N–H and O–H groups in total. The molecule has 2 heterocycles. The van der Waals surface area contributed by atoms with Crippen molar-refractivity contribution in [3.8, 4) is 0 Å². The fourth-order valence-electron chi connectivity index (χ4n) is 2.30. The minimum Gasteiger partial charge on any atom is -0.357 e. The molecule has 8 nitrogen and oxygen atoms in total. The summed E-state index contributed by atoms with van der Waals surface area (Å²) in [7, 11) is 3.75. The zero-order valence-corrected chi connectivity index (χ0v) is 18.2. The van der Waals surface area contributed by atoms with Crippen LogP contribution in [0.15, 0.2) is 29.6 Å². The molecule has 156 valence electrons. The molecule has 0 radical (unpaired) electrons. The predicted molar refractivity (Wildman–Crippen MR) is 112 cm³/mol. The number of nitrogens with zero attached hydrogens (tertiary/aromatic N) is 6. The van der Waals surface area contributed by atoms with E-state index in [0.29, 0.717) is 32.1 Å². The smallest absolute Gasteiger partial charge is 0.357 e. The van der Waals surface area contributed by atoms with Crippen LogP contribution in [0.5, 0.6) is 0 Å². The van der Waals surface area contributed by atoms with Crippen LogP contribution >= 0.6 is 24.0 Å². The largest absolute Gasteiger partial charge is 0.433 e. The van der Waals surface area contributed by atoms with E-state index in [2.05, 4.69) is 30.7 Å². The first-order valence-electron chi connectivity index (χ1n) is 8.40. The van der Waals surface area contributed by atoms with Crippen LogP contribution in [-0.4, -0.2) is 57.3 Å². The summed E-state index contributed by atoms with van der Waals surface area (Å²) < 4.78 is 39.7. The molecule has 0 saturated heterocycles. The van der Waals surface area contributed by atoms with Crippen LogP contribution in [0.3, 0.4) is 0 Å². The summed E-state index contributed by atoms with van der Waals surface area (Å²) >= 11 is 0. The summed E-state index contributed by atoms with van der Waals surface area (Å²) in [5.74, 6) is 0.613.